The Bertz CT molecular complexity index is 1240. The molecule has 3 rings (SSSR count). The van der Waals surface area contributed by atoms with E-state index in [4.69, 9.17) is 4.74 Å². The summed E-state index contributed by atoms with van der Waals surface area (Å²) in [5.74, 6) is -0.717. The molecule has 1 aromatic heterocycles. The van der Waals surface area contributed by atoms with Gasteiger partial charge in [0, 0.05) is 23.9 Å². The first kappa shape index (κ1) is 37.8. The standard InChI is InChI=1S/C37H57N5O5/c1-7-28(25(2)3)20-33(43)31(19-27-16-12-9-13-17-27)40-35(45)32(21-30-22-38-24-39-30)41-34(44)29(18-26-14-10-8-11-15-26)23-47-36(46)42-37(4,5)6/h7-8,10-11,14-15,22,24-25,27-29,31-33,43H,1,9,12-13,16-21,23H2,2-6H3,(H,38,39)(H,40,45)(H,41,44)(H,42,46)/t28-,29-,31-,32-,33-/m0/s1. The third-order valence-electron chi connectivity index (χ3n) is 8.98. The largest absolute Gasteiger partial charge is 0.449 e. The summed E-state index contributed by atoms with van der Waals surface area (Å²) in [6, 6.07) is 8.07. The highest BCUT2D eigenvalue weighted by atomic mass is 16.5. The molecule has 1 heterocycles. The van der Waals surface area contributed by atoms with E-state index in [9.17, 15) is 19.5 Å². The zero-order chi connectivity index (χ0) is 34.4. The molecule has 1 saturated carbocycles. The Morgan fingerprint density at radius 2 is 1.77 bits per heavy atom. The Balaban J connectivity index is 1.82. The summed E-state index contributed by atoms with van der Waals surface area (Å²) < 4.78 is 5.50. The lowest BCUT2D eigenvalue weighted by atomic mass is 9.81. The van der Waals surface area contributed by atoms with Crippen molar-refractivity contribution in [3.05, 3.63) is 66.8 Å². The fourth-order valence-corrected chi connectivity index (χ4v) is 6.22. The predicted octanol–water partition coefficient (Wildman–Crippen LogP) is 5.49. The Morgan fingerprint density at radius 1 is 1.06 bits per heavy atom. The minimum Gasteiger partial charge on any atom is -0.449 e. The van der Waals surface area contributed by atoms with E-state index in [1.807, 2.05) is 57.2 Å². The number of aliphatic hydroxyl groups is 1. The fraction of sp³-hybridized carbons (Fsp3) is 0.622. The van der Waals surface area contributed by atoms with Crippen molar-refractivity contribution in [3.8, 4) is 0 Å². The molecule has 47 heavy (non-hydrogen) atoms. The van der Waals surface area contributed by atoms with Gasteiger partial charge in [-0.1, -0.05) is 82.4 Å². The number of aromatic nitrogens is 2. The highest BCUT2D eigenvalue weighted by Gasteiger charge is 2.33. The number of allylic oxidation sites excluding steroid dienone is 1. The molecule has 10 nitrogen and oxygen atoms in total. The molecule has 10 heteroatoms. The van der Waals surface area contributed by atoms with Crippen LogP contribution < -0.4 is 16.0 Å². The number of H-pyrrole nitrogens is 1. The van der Waals surface area contributed by atoms with Crippen LogP contribution in [0.15, 0.2) is 55.5 Å². The SMILES string of the molecule is C=C[C@@H](C[C@H](O)[C@H](CC1CCCCC1)NC(=O)[C@H](Cc1cnc[nH]1)NC(=O)[C@H](COC(=O)NC(C)(C)C)Cc1ccccc1)C(C)C. The second kappa shape index (κ2) is 18.6. The van der Waals surface area contributed by atoms with Crippen LogP contribution in [0.4, 0.5) is 4.79 Å². The van der Waals surface area contributed by atoms with E-state index in [1.54, 1.807) is 6.20 Å². The molecule has 1 fully saturated rings. The van der Waals surface area contributed by atoms with Crippen LogP contribution >= 0.6 is 0 Å². The number of nitrogens with one attached hydrogen (secondary N) is 4. The highest BCUT2D eigenvalue weighted by molar-refractivity contribution is 5.89. The van der Waals surface area contributed by atoms with Crippen molar-refractivity contribution in [2.75, 3.05) is 6.61 Å². The molecule has 5 N–H and O–H groups in total. The number of hydrogen-bond donors (Lipinski definition) is 5. The van der Waals surface area contributed by atoms with Gasteiger partial charge in [-0.15, -0.1) is 6.58 Å². The van der Waals surface area contributed by atoms with Crippen LogP contribution in [0.25, 0.3) is 0 Å². The number of imidazole rings is 1. The molecular weight excluding hydrogens is 594 g/mol. The van der Waals surface area contributed by atoms with Crippen molar-refractivity contribution in [1.29, 1.82) is 0 Å². The smallest absolute Gasteiger partial charge is 0.407 e. The fourth-order valence-electron chi connectivity index (χ4n) is 6.22. The van der Waals surface area contributed by atoms with Crippen LogP contribution in [0, 0.1) is 23.7 Å². The summed E-state index contributed by atoms with van der Waals surface area (Å²) in [5.41, 5.74) is 1.09. The van der Waals surface area contributed by atoms with E-state index in [0.717, 1.165) is 31.2 Å². The van der Waals surface area contributed by atoms with Gasteiger partial charge in [0.25, 0.3) is 0 Å². The van der Waals surface area contributed by atoms with Crippen LogP contribution in [0.5, 0.6) is 0 Å². The number of carbonyl (C=O) groups is 3. The van der Waals surface area contributed by atoms with Gasteiger partial charge in [-0.2, -0.15) is 0 Å². The maximum atomic E-state index is 14.1. The molecule has 0 spiro atoms. The van der Waals surface area contributed by atoms with Gasteiger partial charge < -0.3 is 30.8 Å². The van der Waals surface area contributed by atoms with Gasteiger partial charge in [-0.05, 0) is 63.4 Å². The summed E-state index contributed by atoms with van der Waals surface area (Å²) >= 11 is 0. The summed E-state index contributed by atoms with van der Waals surface area (Å²) in [5, 5.41) is 20.4. The Labute approximate surface area is 280 Å². The monoisotopic (exact) mass is 651 g/mol. The van der Waals surface area contributed by atoms with E-state index >= 15 is 0 Å². The van der Waals surface area contributed by atoms with E-state index in [0.29, 0.717) is 36.8 Å². The molecular formula is C37H57N5O5. The van der Waals surface area contributed by atoms with Crippen LogP contribution in [-0.2, 0) is 27.2 Å². The lowest BCUT2D eigenvalue weighted by Gasteiger charge is -2.33. The van der Waals surface area contributed by atoms with Gasteiger partial charge in [0.15, 0.2) is 0 Å². The Morgan fingerprint density at radius 3 is 2.36 bits per heavy atom. The van der Waals surface area contributed by atoms with Gasteiger partial charge in [0.2, 0.25) is 11.8 Å². The van der Waals surface area contributed by atoms with Crippen LogP contribution in [0.3, 0.4) is 0 Å². The second-order valence-electron chi connectivity index (χ2n) is 14.5. The van der Waals surface area contributed by atoms with Gasteiger partial charge in [0.05, 0.1) is 24.4 Å². The number of benzene rings is 1. The highest BCUT2D eigenvalue weighted by Crippen LogP contribution is 2.30. The third kappa shape index (κ3) is 13.5. The van der Waals surface area contributed by atoms with Crippen molar-refractivity contribution < 1.29 is 24.2 Å². The quantitative estimate of drug-likeness (QED) is 0.143. The Hall–Kier alpha value is -3.66. The van der Waals surface area contributed by atoms with Gasteiger partial charge in [0.1, 0.15) is 12.6 Å². The normalized spacial score (nSPS) is 17.2. The molecule has 1 aliphatic rings. The number of aromatic amines is 1. The zero-order valence-corrected chi connectivity index (χ0v) is 29.0. The maximum absolute atomic E-state index is 14.1. The molecule has 0 radical (unpaired) electrons. The first-order valence-corrected chi connectivity index (χ1v) is 17.2. The second-order valence-corrected chi connectivity index (χ2v) is 14.5. The van der Waals surface area contributed by atoms with Crippen molar-refractivity contribution in [1.82, 2.24) is 25.9 Å². The molecule has 1 aromatic carbocycles. The number of amides is 3. The molecule has 260 valence electrons. The lowest BCUT2D eigenvalue weighted by molar-refractivity contribution is -0.132. The number of carbonyl (C=O) groups excluding carboxylic acids is 3. The number of ether oxygens (including phenoxy) is 1. The number of alkyl carbamates (subject to hydrolysis) is 1. The number of hydrogen-bond acceptors (Lipinski definition) is 6. The molecule has 0 unspecified atom stereocenters. The lowest BCUT2D eigenvalue weighted by Crippen LogP contribution is -2.55. The zero-order valence-electron chi connectivity index (χ0n) is 29.0. The first-order valence-electron chi connectivity index (χ1n) is 17.2. The van der Waals surface area contributed by atoms with Gasteiger partial charge in [-0.3, -0.25) is 9.59 Å². The summed E-state index contributed by atoms with van der Waals surface area (Å²) in [6.07, 6.45) is 11.0. The molecule has 2 aromatic rings. The Kier molecular flexibility index (Phi) is 15.0. The minimum absolute atomic E-state index is 0.102. The number of rotatable bonds is 17. The van der Waals surface area contributed by atoms with Crippen LogP contribution in [0.2, 0.25) is 0 Å². The molecule has 5 atom stereocenters. The number of aliphatic hydroxyl groups excluding tert-OH is 1. The van der Waals surface area contributed by atoms with Crippen LogP contribution in [0.1, 0.15) is 90.8 Å². The van der Waals surface area contributed by atoms with E-state index in [2.05, 4.69) is 46.3 Å². The average molecular weight is 652 g/mol. The summed E-state index contributed by atoms with van der Waals surface area (Å²) in [6.45, 7) is 13.6. The van der Waals surface area contributed by atoms with Crippen molar-refractivity contribution in [2.45, 2.75) is 116 Å². The van der Waals surface area contributed by atoms with E-state index < -0.39 is 41.6 Å². The minimum atomic E-state index is -0.953. The molecule has 0 saturated heterocycles. The first-order chi connectivity index (χ1) is 22.3. The van der Waals surface area contributed by atoms with E-state index in [1.165, 1.54) is 12.7 Å². The van der Waals surface area contributed by atoms with E-state index in [-0.39, 0.29) is 24.9 Å². The van der Waals surface area contributed by atoms with Crippen molar-refractivity contribution in [2.24, 2.45) is 23.7 Å². The molecule has 0 bridgehead atoms. The average Bonchev–Trinajstić information content (AvgIpc) is 3.54. The topological polar surface area (TPSA) is 145 Å². The van der Waals surface area contributed by atoms with Crippen LogP contribution in [-0.4, -0.2) is 63.3 Å². The number of nitrogens with zero attached hydrogens (tertiary/aromatic N) is 1. The van der Waals surface area contributed by atoms with Crippen molar-refractivity contribution >= 4 is 17.9 Å². The molecule has 1 aliphatic carbocycles. The predicted molar refractivity (Wildman–Crippen MR) is 184 cm³/mol. The van der Waals surface area contributed by atoms with Crippen molar-refractivity contribution in [3.63, 3.8) is 0 Å². The molecule has 0 aliphatic heterocycles. The van der Waals surface area contributed by atoms with Gasteiger partial charge >= 0.3 is 6.09 Å². The third-order valence-corrected chi connectivity index (χ3v) is 8.98. The van der Waals surface area contributed by atoms with Gasteiger partial charge in [-0.25, -0.2) is 9.78 Å². The summed E-state index contributed by atoms with van der Waals surface area (Å²) in [4.78, 5) is 47.6. The maximum Gasteiger partial charge on any atom is 0.407 e. The molecule has 3 amide bonds. The summed E-state index contributed by atoms with van der Waals surface area (Å²) in [7, 11) is 0.